The molecule has 2 atom stereocenters. The van der Waals surface area contributed by atoms with Gasteiger partial charge in [-0.25, -0.2) is 8.42 Å². The molecule has 118 valence electrons. The second kappa shape index (κ2) is 5.82. The Morgan fingerprint density at radius 3 is 2.67 bits per heavy atom. The van der Waals surface area contributed by atoms with Gasteiger partial charge in [-0.05, 0) is 38.5 Å². The van der Waals surface area contributed by atoms with Crippen LogP contribution in [-0.4, -0.2) is 45.1 Å². The van der Waals surface area contributed by atoms with Gasteiger partial charge in [-0.2, -0.15) is 4.31 Å². The highest BCUT2D eigenvalue weighted by Gasteiger charge is 2.36. The Morgan fingerprint density at radius 1 is 1.38 bits per heavy atom. The van der Waals surface area contributed by atoms with Crippen LogP contribution in [0.1, 0.15) is 19.4 Å². The molecule has 0 aliphatic carbocycles. The minimum Gasteiger partial charge on any atom is -0.495 e. The Hall–Kier alpha value is -1.31. The van der Waals surface area contributed by atoms with Gasteiger partial charge in [0.15, 0.2) is 0 Å². The van der Waals surface area contributed by atoms with E-state index in [2.05, 4.69) is 0 Å². The number of anilines is 1. The minimum absolute atomic E-state index is 0.106. The van der Waals surface area contributed by atoms with Crippen LogP contribution >= 0.6 is 0 Å². The molecule has 7 heteroatoms. The van der Waals surface area contributed by atoms with E-state index in [9.17, 15) is 8.42 Å². The van der Waals surface area contributed by atoms with E-state index in [0.29, 0.717) is 24.6 Å². The first-order chi connectivity index (χ1) is 9.77. The maximum Gasteiger partial charge on any atom is 0.247 e. The third kappa shape index (κ3) is 3.00. The number of ether oxygens (including phenoxy) is 2. The number of methoxy groups -OCH3 is 1. The SMILES string of the molecule is COc1cc(C)c(N)cc1S(=O)(=O)N1CC(C)OCC1C. The average molecular weight is 314 g/mol. The molecule has 1 fully saturated rings. The Morgan fingerprint density at radius 2 is 2.05 bits per heavy atom. The molecule has 1 aliphatic rings. The quantitative estimate of drug-likeness (QED) is 0.853. The van der Waals surface area contributed by atoms with Crippen molar-refractivity contribution < 1.29 is 17.9 Å². The standard InChI is InChI=1S/C14H22N2O4S/c1-9-5-13(19-4)14(6-12(9)15)21(17,18)16-7-11(3)20-8-10(16)2/h5-6,10-11H,7-8,15H2,1-4H3. The fraction of sp³-hybridized carbons (Fsp3) is 0.571. The molecule has 2 unspecified atom stereocenters. The summed E-state index contributed by atoms with van der Waals surface area (Å²) in [6.45, 7) is 6.20. The van der Waals surface area contributed by atoms with Crippen LogP contribution in [0.5, 0.6) is 5.75 Å². The van der Waals surface area contributed by atoms with Gasteiger partial charge in [0.2, 0.25) is 10.0 Å². The number of nitrogens with zero attached hydrogens (tertiary/aromatic N) is 1. The molecule has 2 rings (SSSR count). The molecule has 0 bridgehead atoms. The second-order valence-electron chi connectivity index (χ2n) is 5.43. The van der Waals surface area contributed by atoms with Crippen molar-refractivity contribution in [3.05, 3.63) is 17.7 Å². The van der Waals surface area contributed by atoms with Gasteiger partial charge >= 0.3 is 0 Å². The van der Waals surface area contributed by atoms with Crippen molar-refractivity contribution in [2.24, 2.45) is 0 Å². The van der Waals surface area contributed by atoms with Crippen LogP contribution < -0.4 is 10.5 Å². The molecule has 1 aromatic carbocycles. The van der Waals surface area contributed by atoms with E-state index < -0.39 is 10.0 Å². The number of hydrogen-bond acceptors (Lipinski definition) is 5. The number of hydrogen-bond donors (Lipinski definition) is 1. The zero-order valence-electron chi connectivity index (χ0n) is 12.8. The molecule has 1 aromatic rings. The Kier molecular flexibility index (Phi) is 4.46. The first-order valence-corrected chi connectivity index (χ1v) is 8.29. The van der Waals surface area contributed by atoms with Crippen LogP contribution in [0.25, 0.3) is 0 Å². The number of sulfonamides is 1. The lowest BCUT2D eigenvalue weighted by molar-refractivity contribution is -0.0171. The molecular formula is C14H22N2O4S. The Bertz CT molecular complexity index is 630. The largest absolute Gasteiger partial charge is 0.495 e. The zero-order valence-corrected chi connectivity index (χ0v) is 13.6. The fourth-order valence-electron chi connectivity index (χ4n) is 2.37. The number of aryl methyl sites for hydroxylation is 1. The van der Waals surface area contributed by atoms with Crippen molar-refractivity contribution in [2.45, 2.75) is 37.8 Å². The van der Waals surface area contributed by atoms with Gasteiger partial charge in [-0.3, -0.25) is 0 Å². The van der Waals surface area contributed by atoms with E-state index in [4.69, 9.17) is 15.2 Å². The van der Waals surface area contributed by atoms with Crippen LogP contribution in [0.4, 0.5) is 5.69 Å². The van der Waals surface area contributed by atoms with Gasteiger partial charge in [0.05, 0.1) is 19.8 Å². The highest BCUT2D eigenvalue weighted by Crippen LogP contribution is 2.32. The van der Waals surface area contributed by atoms with Gasteiger partial charge in [0.1, 0.15) is 10.6 Å². The van der Waals surface area contributed by atoms with Crippen molar-refractivity contribution in [1.29, 1.82) is 0 Å². The molecule has 0 spiro atoms. The summed E-state index contributed by atoms with van der Waals surface area (Å²) >= 11 is 0. The summed E-state index contributed by atoms with van der Waals surface area (Å²) in [5, 5.41) is 0. The number of benzene rings is 1. The molecule has 6 nitrogen and oxygen atoms in total. The molecule has 0 radical (unpaired) electrons. The predicted octanol–water partition coefficient (Wildman–Crippen LogP) is 1.38. The monoisotopic (exact) mass is 314 g/mol. The molecule has 1 saturated heterocycles. The summed E-state index contributed by atoms with van der Waals surface area (Å²) in [4.78, 5) is 0.106. The Labute approximate surface area is 125 Å². The third-order valence-corrected chi connectivity index (χ3v) is 5.69. The van der Waals surface area contributed by atoms with Gasteiger partial charge in [0, 0.05) is 18.3 Å². The van der Waals surface area contributed by atoms with Crippen molar-refractivity contribution >= 4 is 15.7 Å². The van der Waals surface area contributed by atoms with Crippen LogP contribution in [0.3, 0.4) is 0 Å². The summed E-state index contributed by atoms with van der Waals surface area (Å²) < 4.78 is 38.0. The lowest BCUT2D eigenvalue weighted by Crippen LogP contribution is -2.50. The molecule has 2 N–H and O–H groups in total. The molecule has 0 saturated carbocycles. The number of nitrogen functional groups attached to an aromatic ring is 1. The maximum absolute atomic E-state index is 12.9. The first kappa shape index (κ1) is 16.1. The lowest BCUT2D eigenvalue weighted by atomic mass is 10.2. The second-order valence-corrected chi connectivity index (χ2v) is 7.29. The molecule has 1 heterocycles. The first-order valence-electron chi connectivity index (χ1n) is 6.85. The number of nitrogens with two attached hydrogens (primary N) is 1. The molecular weight excluding hydrogens is 292 g/mol. The molecule has 1 aliphatic heterocycles. The van der Waals surface area contributed by atoms with Crippen LogP contribution in [0, 0.1) is 6.92 Å². The average Bonchev–Trinajstić information content (AvgIpc) is 2.43. The summed E-state index contributed by atoms with van der Waals surface area (Å²) in [7, 11) is -2.22. The van der Waals surface area contributed by atoms with Crippen molar-refractivity contribution in [3.63, 3.8) is 0 Å². The summed E-state index contributed by atoms with van der Waals surface area (Å²) in [5.74, 6) is 0.313. The van der Waals surface area contributed by atoms with Crippen molar-refractivity contribution in [3.8, 4) is 5.75 Å². The van der Waals surface area contributed by atoms with E-state index in [0.717, 1.165) is 5.56 Å². The van der Waals surface area contributed by atoms with E-state index in [1.54, 1.807) is 6.07 Å². The fourth-order valence-corrected chi connectivity index (χ4v) is 4.24. The lowest BCUT2D eigenvalue weighted by Gasteiger charge is -2.36. The van der Waals surface area contributed by atoms with Gasteiger partial charge in [-0.1, -0.05) is 0 Å². The van der Waals surface area contributed by atoms with Crippen LogP contribution in [0.15, 0.2) is 17.0 Å². The molecule has 0 amide bonds. The zero-order chi connectivity index (χ0) is 15.8. The van der Waals surface area contributed by atoms with Gasteiger partial charge in [0.25, 0.3) is 0 Å². The van der Waals surface area contributed by atoms with Crippen LogP contribution in [-0.2, 0) is 14.8 Å². The maximum atomic E-state index is 12.9. The Balaban J connectivity index is 2.50. The van der Waals surface area contributed by atoms with E-state index in [-0.39, 0.29) is 17.0 Å². The van der Waals surface area contributed by atoms with E-state index >= 15 is 0 Å². The van der Waals surface area contributed by atoms with E-state index in [1.165, 1.54) is 17.5 Å². The smallest absolute Gasteiger partial charge is 0.247 e. The van der Waals surface area contributed by atoms with E-state index in [1.807, 2.05) is 20.8 Å². The molecule has 21 heavy (non-hydrogen) atoms. The summed E-state index contributed by atoms with van der Waals surface area (Å²) in [6.07, 6.45) is -0.134. The molecule has 0 aromatic heterocycles. The third-order valence-electron chi connectivity index (χ3n) is 3.69. The summed E-state index contributed by atoms with van der Waals surface area (Å²) in [5.41, 5.74) is 7.09. The predicted molar refractivity (Wildman–Crippen MR) is 80.9 cm³/mol. The normalized spacial score (nSPS) is 24.0. The van der Waals surface area contributed by atoms with Crippen LogP contribution in [0.2, 0.25) is 0 Å². The number of rotatable bonds is 3. The highest BCUT2D eigenvalue weighted by atomic mass is 32.2. The summed E-state index contributed by atoms with van der Waals surface area (Å²) in [6, 6.07) is 2.89. The van der Waals surface area contributed by atoms with Gasteiger partial charge in [-0.15, -0.1) is 0 Å². The number of morpholine rings is 1. The minimum atomic E-state index is -3.68. The topological polar surface area (TPSA) is 81.9 Å². The highest BCUT2D eigenvalue weighted by molar-refractivity contribution is 7.89. The van der Waals surface area contributed by atoms with Crippen molar-refractivity contribution in [2.75, 3.05) is 26.0 Å². The van der Waals surface area contributed by atoms with Gasteiger partial charge < -0.3 is 15.2 Å². The van der Waals surface area contributed by atoms with Crippen molar-refractivity contribution in [1.82, 2.24) is 4.31 Å².